The maximum Gasteiger partial charge on any atom is 0.273 e. The van der Waals surface area contributed by atoms with Crippen molar-refractivity contribution in [2.45, 2.75) is 13.5 Å². The Bertz CT molecular complexity index is 581. The van der Waals surface area contributed by atoms with E-state index in [0.29, 0.717) is 22.5 Å². The Morgan fingerprint density at radius 2 is 2.39 bits per heavy atom. The third kappa shape index (κ3) is 2.51. The number of nitrogens with one attached hydrogen (secondary N) is 2. The van der Waals surface area contributed by atoms with Crippen molar-refractivity contribution < 1.29 is 4.79 Å². The van der Waals surface area contributed by atoms with E-state index in [0.717, 1.165) is 11.3 Å². The van der Waals surface area contributed by atoms with Crippen LogP contribution in [0.2, 0.25) is 0 Å². The number of nitrogens with two attached hydrogens (primary N) is 1. The molecule has 0 aliphatic heterocycles. The normalized spacial score (nSPS) is 10.3. The maximum absolute atomic E-state index is 11.9. The Hall–Kier alpha value is -1.89. The Morgan fingerprint density at radius 3 is 3.00 bits per heavy atom. The van der Waals surface area contributed by atoms with Crippen LogP contribution in [0, 0.1) is 6.92 Å². The van der Waals surface area contributed by atoms with Gasteiger partial charge in [0.15, 0.2) is 5.69 Å². The molecular formula is C11H12BrN5O. The number of anilines is 1. The van der Waals surface area contributed by atoms with Crippen molar-refractivity contribution in [2.24, 2.45) is 0 Å². The monoisotopic (exact) mass is 309 g/mol. The molecule has 2 aromatic heterocycles. The number of halogens is 1. The first-order valence-electron chi connectivity index (χ1n) is 5.27. The molecule has 0 saturated carbocycles. The molecule has 2 rings (SSSR count). The lowest BCUT2D eigenvalue weighted by Crippen LogP contribution is -2.24. The molecule has 0 bridgehead atoms. The van der Waals surface area contributed by atoms with E-state index in [1.165, 1.54) is 0 Å². The van der Waals surface area contributed by atoms with Crippen LogP contribution in [0.3, 0.4) is 0 Å². The summed E-state index contributed by atoms with van der Waals surface area (Å²) in [4.78, 5) is 15.8. The molecule has 2 heterocycles. The first kappa shape index (κ1) is 12.6. The SMILES string of the molecule is Cc1[nH]nc(C(=O)NCc2cccnc2N)c1Br. The average Bonchev–Trinajstić information content (AvgIpc) is 2.69. The fraction of sp³-hybridized carbons (Fsp3) is 0.182. The maximum atomic E-state index is 11.9. The Kier molecular flexibility index (Phi) is 3.61. The van der Waals surface area contributed by atoms with Gasteiger partial charge in [0.1, 0.15) is 5.82 Å². The van der Waals surface area contributed by atoms with Crippen molar-refractivity contribution in [3.63, 3.8) is 0 Å². The van der Waals surface area contributed by atoms with E-state index in [2.05, 4.69) is 36.4 Å². The van der Waals surface area contributed by atoms with Gasteiger partial charge in [0.05, 0.1) is 4.47 Å². The standard InChI is InChI=1S/C11H12BrN5O/c1-6-8(12)9(17-16-6)11(18)15-5-7-3-2-4-14-10(7)13/h2-4H,5H2,1H3,(H2,13,14)(H,15,18)(H,16,17). The van der Waals surface area contributed by atoms with Gasteiger partial charge in [0.25, 0.3) is 5.91 Å². The van der Waals surface area contributed by atoms with Crippen LogP contribution in [0.15, 0.2) is 22.8 Å². The van der Waals surface area contributed by atoms with Gasteiger partial charge in [0, 0.05) is 24.0 Å². The molecule has 0 saturated heterocycles. The molecule has 1 amide bonds. The van der Waals surface area contributed by atoms with Crippen molar-refractivity contribution in [3.05, 3.63) is 39.8 Å². The predicted octanol–water partition coefficient (Wildman–Crippen LogP) is 1.39. The molecule has 0 aliphatic rings. The Balaban J connectivity index is 2.05. The summed E-state index contributed by atoms with van der Waals surface area (Å²) in [6, 6.07) is 3.58. The van der Waals surface area contributed by atoms with E-state index in [-0.39, 0.29) is 5.91 Å². The molecular weight excluding hydrogens is 298 g/mol. The van der Waals surface area contributed by atoms with E-state index in [9.17, 15) is 4.79 Å². The van der Waals surface area contributed by atoms with Crippen LogP contribution in [0.1, 0.15) is 21.7 Å². The van der Waals surface area contributed by atoms with Crippen molar-refractivity contribution in [1.29, 1.82) is 0 Å². The van der Waals surface area contributed by atoms with Gasteiger partial charge in [-0.05, 0) is 28.9 Å². The smallest absolute Gasteiger partial charge is 0.273 e. The number of rotatable bonds is 3. The third-order valence-corrected chi connectivity index (χ3v) is 3.42. The van der Waals surface area contributed by atoms with Crippen LogP contribution in [0.4, 0.5) is 5.82 Å². The van der Waals surface area contributed by atoms with Crippen LogP contribution >= 0.6 is 15.9 Å². The molecule has 6 nitrogen and oxygen atoms in total. The summed E-state index contributed by atoms with van der Waals surface area (Å²) in [5, 5.41) is 9.39. The first-order valence-corrected chi connectivity index (χ1v) is 6.07. The minimum Gasteiger partial charge on any atom is -0.383 e. The van der Waals surface area contributed by atoms with Crippen molar-refractivity contribution in [3.8, 4) is 0 Å². The molecule has 94 valence electrons. The second-order valence-electron chi connectivity index (χ2n) is 3.74. The lowest BCUT2D eigenvalue weighted by atomic mass is 10.2. The molecule has 7 heteroatoms. The number of hydrogen-bond acceptors (Lipinski definition) is 4. The second-order valence-corrected chi connectivity index (χ2v) is 4.53. The highest BCUT2D eigenvalue weighted by atomic mass is 79.9. The fourth-order valence-electron chi connectivity index (χ4n) is 1.43. The summed E-state index contributed by atoms with van der Waals surface area (Å²) >= 11 is 3.30. The van der Waals surface area contributed by atoms with Crippen molar-refractivity contribution >= 4 is 27.7 Å². The van der Waals surface area contributed by atoms with Gasteiger partial charge in [-0.25, -0.2) is 4.98 Å². The highest BCUT2D eigenvalue weighted by molar-refractivity contribution is 9.10. The van der Waals surface area contributed by atoms with Gasteiger partial charge >= 0.3 is 0 Å². The van der Waals surface area contributed by atoms with E-state index < -0.39 is 0 Å². The number of aryl methyl sites for hydroxylation is 1. The second kappa shape index (κ2) is 5.18. The lowest BCUT2D eigenvalue weighted by molar-refractivity contribution is 0.0945. The lowest BCUT2D eigenvalue weighted by Gasteiger charge is -2.05. The minimum atomic E-state index is -0.269. The predicted molar refractivity (Wildman–Crippen MR) is 70.8 cm³/mol. The number of pyridine rings is 1. The zero-order chi connectivity index (χ0) is 13.1. The number of amides is 1. The van der Waals surface area contributed by atoms with Crippen LogP contribution in [-0.2, 0) is 6.54 Å². The number of carbonyl (C=O) groups is 1. The van der Waals surface area contributed by atoms with E-state index in [4.69, 9.17) is 5.73 Å². The summed E-state index contributed by atoms with van der Waals surface area (Å²) in [6.07, 6.45) is 1.61. The van der Waals surface area contributed by atoms with Gasteiger partial charge in [-0.1, -0.05) is 6.07 Å². The summed E-state index contributed by atoms with van der Waals surface area (Å²) in [5.41, 5.74) is 7.59. The number of H-pyrrole nitrogens is 1. The zero-order valence-electron chi connectivity index (χ0n) is 9.70. The number of nitrogen functional groups attached to an aromatic ring is 1. The van der Waals surface area contributed by atoms with Crippen LogP contribution < -0.4 is 11.1 Å². The first-order chi connectivity index (χ1) is 8.59. The van der Waals surface area contributed by atoms with Gasteiger partial charge in [0.2, 0.25) is 0 Å². The molecule has 2 aromatic rings. The van der Waals surface area contributed by atoms with E-state index >= 15 is 0 Å². The van der Waals surface area contributed by atoms with Crippen LogP contribution in [0.25, 0.3) is 0 Å². The molecule has 0 unspecified atom stereocenters. The fourth-order valence-corrected chi connectivity index (χ4v) is 1.78. The number of aromatic amines is 1. The number of nitrogens with zero attached hydrogens (tertiary/aromatic N) is 2. The van der Waals surface area contributed by atoms with Gasteiger partial charge in [-0.15, -0.1) is 0 Å². The molecule has 4 N–H and O–H groups in total. The Labute approximate surface area is 112 Å². The number of aromatic nitrogens is 3. The molecule has 0 spiro atoms. The molecule has 0 fully saturated rings. The number of hydrogen-bond donors (Lipinski definition) is 3. The molecule has 0 atom stereocenters. The van der Waals surface area contributed by atoms with Gasteiger partial charge < -0.3 is 11.1 Å². The van der Waals surface area contributed by atoms with Gasteiger partial charge in [-0.3, -0.25) is 9.89 Å². The zero-order valence-corrected chi connectivity index (χ0v) is 11.3. The molecule has 18 heavy (non-hydrogen) atoms. The van der Waals surface area contributed by atoms with E-state index in [1.54, 1.807) is 12.3 Å². The van der Waals surface area contributed by atoms with Gasteiger partial charge in [-0.2, -0.15) is 5.10 Å². The quantitative estimate of drug-likeness (QED) is 0.798. The highest BCUT2D eigenvalue weighted by Crippen LogP contribution is 2.18. The number of carbonyl (C=O) groups excluding carboxylic acids is 1. The molecule has 0 radical (unpaired) electrons. The third-order valence-electron chi connectivity index (χ3n) is 2.45. The van der Waals surface area contributed by atoms with Crippen molar-refractivity contribution in [2.75, 3.05) is 5.73 Å². The van der Waals surface area contributed by atoms with E-state index in [1.807, 2.05) is 13.0 Å². The topological polar surface area (TPSA) is 96.7 Å². The highest BCUT2D eigenvalue weighted by Gasteiger charge is 2.15. The molecule has 0 aromatic carbocycles. The Morgan fingerprint density at radius 1 is 1.61 bits per heavy atom. The summed E-state index contributed by atoms with van der Waals surface area (Å²) < 4.78 is 0.666. The summed E-state index contributed by atoms with van der Waals surface area (Å²) in [5.74, 6) is 0.143. The van der Waals surface area contributed by atoms with Crippen LogP contribution in [-0.4, -0.2) is 21.1 Å². The van der Waals surface area contributed by atoms with Crippen LogP contribution in [0.5, 0.6) is 0 Å². The summed E-state index contributed by atoms with van der Waals surface area (Å²) in [7, 11) is 0. The average molecular weight is 310 g/mol. The van der Waals surface area contributed by atoms with Crippen molar-refractivity contribution in [1.82, 2.24) is 20.5 Å². The largest absolute Gasteiger partial charge is 0.383 e. The minimum absolute atomic E-state index is 0.269. The molecule has 0 aliphatic carbocycles. The summed E-state index contributed by atoms with van der Waals surface area (Å²) in [6.45, 7) is 2.14.